The Labute approximate surface area is 172 Å². The molecular weight excluding hydrogens is 417 g/mol. The third-order valence-electron chi connectivity index (χ3n) is 3.88. The van der Waals surface area contributed by atoms with E-state index in [1.54, 1.807) is 24.4 Å². The van der Waals surface area contributed by atoms with Gasteiger partial charge in [0.1, 0.15) is 21.1 Å². The highest BCUT2D eigenvalue weighted by Gasteiger charge is 2.30. The molecule has 10 heteroatoms. The molecule has 152 valence electrons. The van der Waals surface area contributed by atoms with E-state index in [0.717, 1.165) is 33.1 Å². The minimum atomic E-state index is -4.77. The number of ether oxygens (including phenoxy) is 1. The van der Waals surface area contributed by atoms with Crippen LogP contribution in [0, 0.1) is 0 Å². The maximum absolute atomic E-state index is 12.2. The molecule has 4 rings (SSSR count). The summed E-state index contributed by atoms with van der Waals surface area (Å²) in [5.74, 6) is -0.369. The normalized spacial score (nSPS) is 11.3. The number of carbonyl (C=O) groups excluding carboxylic acids is 1. The maximum Gasteiger partial charge on any atom is 0.573 e. The number of nitrogens with zero attached hydrogens (tertiary/aromatic N) is 2. The van der Waals surface area contributed by atoms with E-state index < -0.39 is 12.4 Å². The number of rotatable bonds is 4. The van der Waals surface area contributed by atoms with E-state index in [0.29, 0.717) is 11.4 Å². The number of carbonyl (C=O) groups is 1. The Balaban J connectivity index is 1.43. The van der Waals surface area contributed by atoms with Crippen LogP contribution in [0.3, 0.4) is 0 Å². The average molecular weight is 430 g/mol. The van der Waals surface area contributed by atoms with Gasteiger partial charge >= 0.3 is 12.4 Å². The summed E-state index contributed by atoms with van der Waals surface area (Å²) in [6.07, 6.45) is -3.06. The van der Waals surface area contributed by atoms with Gasteiger partial charge in [-0.3, -0.25) is 0 Å². The average Bonchev–Trinajstić information content (AvgIpc) is 3.13. The lowest BCUT2D eigenvalue weighted by Crippen LogP contribution is -2.19. The van der Waals surface area contributed by atoms with Crippen molar-refractivity contribution in [3.05, 3.63) is 66.9 Å². The third-order valence-corrected chi connectivity index (χ3v) is 4.91. The second-order valence-corrected chi connectivity index (χ2v) is 7.06. The van der Waals surface area contributed by atoms with Crippen LogP contribution in [0.4, 0.5) is 29.3 Å². The number of aromatic nitrogens is 2. The highest BCUT2D eigenvalue weighted by molar-refractivity contribution is 7.21. The summed E-state index contributed by atoms with van der Waals surface area (Å²) in [5, 5.41) is 6.01. The molecule has 2 N–H and O–H groups in total. The molecule has 0 radical (unpaired) electrons. The fourth-order valence-corrected chi connectivity index (χ4v) is 3.56. The number of benzene rings is 2. The summed E-state index contributed by atoms with van der Waals surface area (Å²) < 4.78 is 40.4. The monoisotopic (exact) mass is 430 g/mol. The topological polar surface area (TPSA) is 76.1 Å². The zero-order valence-corrected chi connectivity index (χ0v) is 15.9. The number of amides is 2. The van der Waals surface area contributed by atoms with Gasteiger partial charge in [0.05, 0.1) is 0 Å². The molecule has 2 aromatic carbocycles. The zero-order chi connectivity index (χ0) is 21.1. The van der Waals surface area contributed by atoms with Gasteiger partial charge in [-0.05, 0) is 48.5 Å². The number of pyridine rings is 1. The molecule has 4 aromatic rings. The lowest BCUT2D eigenvalue weighted by Gasteiger charge is -2.11. The molecule has 0 unspecified atom stereocenters. The fourth-order valence-electron chi connectivity index (χ4n) is 2.66. The summed E-state index contributed by atoms with van der Waals surface area (Å²) in [6.45, 7) is 0. The van der Waals surface area contributed by atoms with Crippen LogP contribution in [-0.4, -0.2) is 22.4 Å². The van der Waals surface area contributed by atoms with Crippen LogP contribution < -0.4 is 15.4 Å². The van der Waals surface area contributed by atoms with E-state index in [4.69, 9.17) is 0 Å². The Morgan fingerprint density at radius 3 is 2.47 bits per heavy atom. The molecule has 0 spiro atoms. The van der Waals surface area contributed by atoms with Crippen molar-refractivity contribution >= 4 is 39.1 Å². The van der Waals surface area contributed by atoms with Gasteiger partial charge in [-0.15, -0.1) is 13.2 Å². The summed E-state index contributed by atoms with van der Waals surface area (Å²) in [6, 6.07) is 15.2. The van der Waals surface area contributed by atoms with Crippen molar-refractivity contribution in [3.8, 4) is 16.3 Å². The number of fused-ring (bicyclic) bond motifs is 1. The minimum Gasteiger partial charge on any atom is -0.406 e. The van der Waals surface area contributed by atoms with E-state index in [-0.39, 0.29) is 5.75 Å². The van der Waals surface area contributed by atoms with Gasteiger partial charge in [0.2, 0.25) is 0 Å². The smallest absolute Gasteiger partial charge is 0.406 e. The molecule has 2 aromatic heterocycles. The fraction of sp³-hybridized carbons (Fsp3) is 0.0500. The van der Waals surface area contributed by atoms with E-state index in [2.05, 4.69) is 25.3 Å². The first-order valence-electron chi connectivity index (χ1n) is 8.61. The highest BCUT2D eigenvalue weighted by atomic mass is 32.1. The van der Waals surface area contributed by atoms with Gasteiger partial charge < -0.3 is 15.4 Å². The molecule has 0 saturated carbocycles. The van der Waals surface area contributed by atoms with Crippen LogP contribution in [-0.2, 0) is 0 Å². The maximum atomic E-state index is 12.2. The standard InChI is InChI=1S/C20H13F3N4O2S/c21-20(22,23)29-15-8-6-13(7-9-15)25-19(28)26-14-4-1-3-12(11-14)17-27-16-5-2-10-24-18(16)30-17/h1-11H,(H2,25,26,28). The molecule has 2 amide bonds. The van der Waals surface area contributed by atoms with E-state index in [9.17, 15) is 18.0 Å². The van der Waals surface area contributed by atoms with Crippen LogP contribution in [0.15, 0.2) is 66.9 Å². The summed E-state index contributed by atoms with van der Waals surface area (Å²) in [7, 11) is 0. The van der Waals surface area contributed by atoms with Gasteiger partial charge in [-0.25, -0.2) is 14.8 Å². The van der Waals surface area contributed by atoms with Crippen LogP contribution in [0.5, 0.6) is 5.75 Å². The third kappa shape index (κ3) is 4.84. The summed E-state index contributed by atoms with van der Waals surface area (Å²) in [5.41, 5.74) is 2.47. The van der Waals surface area contributed by atoms with Crippen molar-refractivity contribution in [3.63, 3.8) is 0 Å². The largest absolute Gasteiger partial charge is 0.573 e. The number of hydrogen-bond donors (Lipinski definition) is 2. The van der Waals surface area contributed by atoms with Crippen LogP contribution >= 0.6 is 11.3 Å². The number of alkyl halides is 3. The first kappa shape index (κ1) is 19.6. The lowest BCUT2D eigenvalue weighted by molar-refractivity contribution is -0.274. The number of nitrogens with one attached hydrogen (secondary N) is 2. The van der Waals surface area contributed by atoms with Gasteiger partial charge in [0, 0.05) is 23.1 Å². The quantitative estimate of drug-likeness (QED) is 0.423. The molecule has 0 atom stereocenters. The van der Waals surface area contributed by atoms with Crippen molar-refractivity contribution in [1.82, 2.24) is 9.97 Å². The van der Waals surface area contributed by atoms with Gasteiger partial charge in [-0.2, -0.15) is 0 Å². The first-order valence-corrected chi connectivity index (χ1v) is 9.43. The number of anilines is 2. The second kappa shape index (κ2) is 7.99. The molecule has 0 saturated heterocycles. The van der Waals surface area contributed by atoms with Crippen molar-refractivity contribution in [2.45, 2.75) is 6.36 Å². The molecule has 0 aliphatic heterocycles. The van der Waals surface area contributed by atoms with Crippen molar-refractivity contribution in [2.75, 3.05) is 10.6 Å². The molecule has 0 aliphatic rings. The molecule has 30 heavy (non-hydrogen) atoms. The molecule has 2 heterocycles. The number of hydrogen-bond acceptors (Lipinski definition) is 5. The van der Waals surface area contributed by atoms with E-state index >= 15 is 0 Å². The second-order valence-electron chi connectivity index (χ2n) is 6.08. The first-order chi connectivity index (χ1) is 14.4. The minimum absolute atomic E-state index is 0.315. The predicted molar refractivity (Wildman–Crippen MR) is 109 cm³/mol. The van der Waals surface area contributed by atoms with Crippen LogP contribution in [0.25, 0.3) is 20.9 Å². The Morgan fingerprint density at radius 2 is 1.73 bits per heavy atom. The molecular formula is C20H13F3N4O2S. The van der Waals surface area contributed by atoms with Gasteiger partial charge in [0.15, 0.2) is 0 Å². The lowest BCUT2D eigenvalue weighted by atomic mass is 10.2. The molecule has 0 fully saturated rings. The Morgan fingerprint density at radius 1 is 0.967 bits per heavy atom. The SMILES string of the molecule is O=C(Nc1ccc(OC(F)(F)F)cc1)Nc1cccc(-c2nc3cccnc3s2)c1. The Bertz CT molecular complexity index is 1160. The van der Waals surface area contributed by atoms with Crippen LogP contribution in [0.2, 0.25) is 0 Å². The Kier molecular flexibility index (Phi) is 5.23. The van der Waals surface area contributed by atoms with Crippen molar-refractivity contribution in [1.29, 1.82) is 0 Å². The summed E-state index contributed by atoms with van der Waals surface area (Å²) in [4.78, 5) is 21.9. The predicted octanol–water partition coefficient (Wildman–Crippen LogP) is 5.90. The van der Waals surface area contributed by atoms with Crippen molar-refractivity contribution < 1.29 is 22.7 Å². The van der Waals surface area contributed by atoms with E-state index in [1.807, 2.05) is 18.2 Å². The zero-order valence-electron chi connectivity index (χ0n) is 15.1. The van der Waals surface area contributed by atoms with Gasteiger partial charge in [-0.1, -0.05) is 23.5 Å². The summed E-state index contributed by atoms with van der Waals surface area (Å²) >= 11 is 1.44. The number of halogens is 3. The molecule has 0 aliphatic carbocycles. The van der Waals surface area contributed by atoms with Crippen molar-refractivity contribution in [2.24, 2.45) is 0 Å². The number of urea groups is 1. The highest BCUT2D eigenvalue weighted by Crippen LogP contribution is 2.30. The molecule has 6 nitrogen and oxygen atoms in total. The van der Waals surface area contributed by atoms with Crippen LogP contribution in [0.1, 0.15) is 0 Å². The Hall–Kier alpha value is -3.66. The molecule has 0 bridgehead atoms. The van der Waals surface area contributed by atoms with Gasteiger partial charge in [0.25, 0.3) is 0 Å². The number of thiazole rings is 1. The van der Waals surface area contributed by atoms with E-state index in [1.165, 1.54) is 23.5 Å².